The molecule has 2 rings (SSSR count). The first-order valence-corrected chi connectivity index (χ1v) is 5.98. The van der Waals surface area contributed by atoms with E-state index in [4.69, 9.17) is 10.2 Å². The van der Waals surface area contributed by atoms with Crippen molar-refractivity contribution >= 4 is 11.8 Å². The lowest BCUT2D eigenvalue weighted by molar-refractivity contribution is 0.0696. The van der Waals surface area contributed by atoms with Crippen LogP contribution in [0.25, 0.3) is 0 Å². The van der Waals surface area contributed by atoms with Gasteiger partial charge in [0.2, 0.25) is 0 Å². The van der Waals surface area contributed by atoms with Crippen LogP contribution in [0.2, 0.25) is 0 Å². The molecule has 2 N–H and O–H groups in total. The number of anilines is 1. The summed E-state index contributed by atoms with van der Waals surface area (Å²) in [5.74, 6) is -0.148. The number of aliphatic hydroxyl groups excluding tert-OH is 1. The van der Waals surface area contributed by atoms with Gasteiger partial charge in [0.25, 0.3) is 0 Å². The van der Waals surface area contributed by atoms with Crippen LogP contribution in [0.5, 0.6) is 0 Å². The van der Waals surface area contributed by atoms with E-state index < -0.39 is 5.97 Å². The highest BCUT2D eigenvalue weighted by Crippen LogP contribution is 2.13. The summed E-state index contributed by atoms with van der Waals surface area (Å²) in [6.07, 6.45) is 1.39. The zero-order chi connectivity index (χ0) is 13.0. The molecular weight excluding hydrogens is 234 g/mol. The normalized spacial score (nSPS) is 16.8. The van der Waals surface area contributed by atoms with E-state index in [9.17, 15) is 4.79 Å². The number of pyridine rings is 1. The highest BCUT2D eigenvalue weighted by molar-refractivity contribution is 5.87. The van der Waals surface area contributed by atoms with E-state index in [0.29, 0.717) is 6.54 Å². The van der Waals surface area contributed by atoms with Crippen LogP contribution in [0, 0.1) is 0 Å². The molecule has 0 amide bonds. The molecule has 0 saturated carbocycles. The Kier molecular flexibility index (Phi) is 4.11. The molecule has 1 aromatic rings. The van der Waals surface area contributed by atoms with E-state index in [0.717, 1.165) is 32.0 Å². The van der Waals surface area contributed by atoms with Gasteiger partial charge >= 0.3 is 5.97 Å². The molecule has 0 bridgehead atoms. The maximum Gasteiger partial charge on any atom is 0.337 e. The van der Waals surface area contributed by atoms with E-state index >= 15 is 0 Å². The van der Waals surface area contributed by atoms with Gasteiger partial charge in [-0.15, -0.1) is 0 Å². The van der Waals surface area contributed by atoms with Crippen LogP contribution in [-0.4, -0.2) is 65.4 Å². The van der Waals surface area contributed by atoms with Crippen molar-refractivity contribution in [2.45, 2.75) is 0 Å². The number of β-amino-alcohol motifs (C(OH)–C–C–N with tert-alkyl or cyclic N) is 1. The van der Waals surface area contributed by atoms with Gasteiger partial charge in [0.1, 0.15) is 5.82 Å². The fourth-order valence-corrected chi connectivity index (χ4v) is 2.04. The summed E-state index contributed by atoms with van der Waals surface area (Å²) in [4.78, 5) is 19.2. The first-order chi connectivity index (χ1) is 8.70. The van der Waals surface area contributed by atoms with Gasteiger partial charge in [0.15, 0.2) is 0 Å². The summed E-state index contributed by atoms with van der Waals surface area (Å²) in [6, 6.07) is 3.32. The summed E-state index contributed by atoms with van der Waals surface area (Å²) in [5, 5.41) is 17.7. The SMILES string of the molecule is O=C(O)c1ccc(N2CCN(CCO)CC2)nc1. The molecular formula is C12H17N3O3. The van der Waals surface area contributed by atoms with Crippen molar-refractivity contribution in [3.05, 3.63) is 23.9 Å². The summed E-state index contributed by atoms with van der Waals surface area (Å²) < 4.78 is 0. The van der Waals surface area contributed by atoms with Crippen molar-refractivity contribution < 1.29 is 15.0 Å². The summed E-state index contributed by atoms with van der Waals surface area (Å²) in [7, 11) is 0. The Labute approximate surface area is 105 Å². The van der Waals surface area contributed by atoms with E-state index in [1.165, 1.54) is 6.20 Å². The molecule has 0 aromatic carbocycles. The van der Waals surface area contributed by atoms with Crippen LogP contribution in [-0.2, 0) is 0 Å². The Morgan fingerprint density at radius 3 is 2.50 bits per heavy atom. The topological polar surface area (TPSA) is 76.9 Å². The molecule has 1 saturated heterocycles. The summed E-state index contributed by atoms with van der Waals surface area (Å²) in [6.45, 7) is 4.37. The molecule has 1 fully saturated rings. The van der Waals surface area contributed by atoms with Crippen LogP contribution in [0.15, 0.2) is 18.3 Å². The summed E-state index contributed by atoms with van der Waals surface area (Å²) >= 11 is 0. The quantitative estimate of drug-likeness (QED) is 0.778. The summed E-state index contributed by atoms with van der Waals surface area (Å²) in [5.41, 5.74) is 0.206. The van der Waals surface area contributed by atoms with Gasteiger partial charge in [0, 0.05) is 38.9 Å². The molecule has 1 aliphatic heterocycles. The van der Waals surface area contributed by atoms with Crippen LogP contribution in [0.1, 0.15) is 10.4 Å². The minimum Gasteiger partial charge on any atom is -0.478 e. The van der Waals surface area contributed by atoms with Crippen molar-refractivity contribution in [1.82, 2.24) is 9.88 Å². The molecule has 18 heavy (non-hydrogen) atoms. The Morgan fingerprint density at radius 2 is 2.00 bits per heavy atom. The molecule has 0 unspecified atom stereocenters. The van der Waals surface area contributed by atoms with Crippen molar-refractivity contribution in [3.63, 3.8) is 0 Å². The monoisotopic (exact) mass is 251 g/mol. The molecule has 1 aliphatic rings. The number of carbonyl (C=O) groups is 1. The van der Waals surface area contributed by atoms with E-state index in [-0.39, 0.29) is 12.2 Å². The maximum atomic E-state index is 10.7. The Balaban J connectivity index is 1.95. The van der Waals surface area contributed by atoms with Gasteiger partial charge in [0.05, 0.1) is 12.2 Å². The molecule has 0 spiro atoms. The number of aromatic nitrogens is 1. The predicted molar refractivity (Wildman–Crippen MR) is 66.9 cm³/mol. The van der Waals surface area contributed by atoms with Crippen molar-refractivity contribution in [2.24, 2.45) is 0 Å². The van der Waals surface area contributed by atoms with E-state index in [2.05, 4.69) is 14.8 Å². The lowest BCUT2D eigenvalue weighted by Gasteiger charge is -2.35. The van der Waals surface area contributed by atoms with Gasteiger partial charge in [-0.3, -0.25) is 4.90 Å². The largest absolute Gasteiger partial charge is 0.478 e. The first kappa shape index (κ1) is 12.8. The number of hydrogen-bond donors (Lipinski definition) is 2. The standard InChI is InChI=1S/C12H17N3O3/c16-8-7-14-3-5-15(6-4-14)11-2-1-10(9-13-11)12(17)18/h1-2,9,16H,3-8H2,(H,17,18). The van der Waals surface area contributed by atoms with Gasteiger partial charge < -0.3 is 15.1 Å². The molecule has 0 aliphatic carbocycles. The van der Waals surface area contributed by atoms with Gasteiger partial charge in [-0.1, -0.05) is 0 Å². The molecule has 98 valence electrons. The lowest BCUT2D eigenvalue weighted by Crippen LogP contribution is -2.47. The number of carboxylic acids is 1. The molecule has 0 atom stereocenters. The predicted octanol–water partition coefficient (Wildman–Crippen LogP) is -0.106. The number of carboxylic acid groups (broad SMARTS) is 1. The fraction of sp³-hybridized carbons (Fsp3) is 0.500. The highest BCUT2D eigenvalue weighted by Gasteiger charge is 2.17. The van der Waals surface area contributed by atoms with Crippen molar-refractivity contribution in [2.75, 3.05) is 44.2 Å². The molecule has 2 heterocycles. The Morgan fingerprint density at radius 1 is 1.28 bits per heavy atom. The zero-order valence-corrected chi connectivity index (χ0v) is 10.1. The molecule has 1 aromatic heterocycles. The van der Waals surface area contributed by atoms with Gasteiger partial charge in [-0.2, -0.15) is 0 Å². The van der Waals surface area contributed by atoms with Gasteiger partial charge in [-0.05, 0) is 12.1 Å². The third kappa shape index (κ3) is 2.96. The Hall–Kier alpha value is -1.66. The van der Waals surface area contributed by atoms with Gasteiger partial charge in [-0.25, -0.2) is 9.78 Å². The van der Waals surface area contributed by atoms with Crippen molar-refractivity contribution in [3.8, 4) is 0 Å². The molecule has 6 nitrogen and oxygen atoms in total. The molecule has 6 heteroatoms. The van der Waals surface area contributed by atoms with E-state index in [1.807, 2.05) is 0 Å². The number of nitrogens with zero attached hydrogens (tertiary/aromatic N) is 3. The second-order valence-corrected chi connectivity index (χ2v) is 4.26. The fourth-order valence-electron chi connectivity index (χ4n) is 2.04. The Bertz CT molecular complexity index is 400. The number of rotatable bonds is 4. The number of aromatic carboxylic acids is 1. The third-order valence-corrected chi connectivity index (χ3v) is 3.11. The van der Waals surface area contributed by atoms with Crippen molar-refractivity contribution in [1.29, 1.82) is 0 Å². The second kappa shape index (κ2) is 5.79. The van der Waals surface area contributed by atoms with Crippen LogP contribution < -0.4 is 4.90 Å². The van der Waals surface area contributed by atoms with Crippen LogP contribution in [0.3, 0.4) is 0 Å². The minimum atomic E-state index is -0.957. The average molecular weight is 251 g/mol. The number of hydrogen-bond acceptors (Lipinski definition) is 5. The smallest absolute Gasteiger partial charge is 0.337 e. The zero-order valence-electron chi connectivity index (χ0n) is 10.1. The molecule has 0 radical (unpaired) electrons. The first-order valence-electron chi connectivity index (χ1n) is 5.98. The third-order valence-electron chi connectivity index (χ3n) is 3.11. The number of aliphatic hydroxyl groups is 1. The minimum absolute atomic E-state index is 0.186. The lowest BCUT2D eigenvalue weighted by atomic mass is 10.2. The van der Waals surface area contributed by atoms with Crippen LogP contribution in [0.4, 0.5) is 5.82 Å². The average Bonchev–Trinajstić information content (AvgIpc) is 2.40. The maximum absolute atomic E-state index is 10.7. The highest BCUT2D eigenvalue weighted by atomic mass is 16.4. The number of piperazine rings is 1. The second-order valence-electron chi connectivity index (χ2n) is 4.26. The van der Waals surface area contributed by atoms with Crippen LogP contribution >= 0.6 is 0 Å². The van der Waals surface area contributed by atoms with E-state index in [1.54, 1.807) is 12.1 Å².